The lowest BCUT2D eigenvalue weighted by molar-refractivity contribution is -0.253. The Morgan fingerprint density at radius 2 is 1.84 bits per heavy atom. The molecule has 5 N–H and O–H groups in total. The third-order valence-electron chi connectivity index (χ3n) is 2.58. The van der Waals surface area contributed by atoms with Crippen LogP contribution >= 0.6 is 0 Å². The van der Waals surface area contributed by atoms with E-state index >= 15 is 0 Å². The van der Waals surface area contributed by atoms with Gasteiger partial charge in [0.1, 0.15) is 30.0 Å². The monoisotopic (exact) mass is 279 g/mol. The molecule has 3 unspecified atom stereocenters. The second kappa shape index (κ2) is 6.02. The zero-order valence-corrected chi connectivity index (χ0v) is 11.1. The van der Waals surface area contributed by atoms with Crippen LogP contribution in [0.15, 0.2) is 0 Å². The van der Waals surface area contributed by atoms with Crippen LogP contribution in [0.25, 0.3) is 0 Å². The summed E-state index contributed by atoms with van der Waals surface area (Å²) in [5, 5.41) is 40.2. The van der Waals surface area contributed by atoms with Gasteiger partial charge in [-0.3, -0.25) is 0 Å². The topological polar surface area (TPSA) is 128 Å². The van der Waals surface area contributed by atoms with E-state index in [1.165, 1.54) is 0 Å². The van der Waals surface area contributed by atoms with Crippen LogP contribution in [0.4, 0.5) is 4.79 Å². The van der Waals surface area contributed by atoms with Crippen LogP contribution < -0.4 is 5.32 Å². The smallest absolute Gasteiger partial charge is 0.408 e. The minimum Gasteiger partial charge on any atom is -0.444 e. The van der Waals surface area contributed by atoms with Crippen molar-refractivity contribution in [2.24, 2.45) is 0 Å². The Morgan fingerprint density at radius 1 is 1.26 bits per heavy atom. The third kappa shape index (κ3) is 4.29. The Hall–Kier alpha value is -0.930. The van der Waals surface area contributed by atoms with E-state index in [4.69, 9.17) is 14.6 Å². The molecular weight excluding hydrogens is 258 g/mol. The molecule has 0 aliphatic carbocycles. The zero-order valence-electron chi connectivity index (χ0n) is 11.1. The summed E-state index contributed by atoms with van der Waals surface area (Å²) >= 11 is 0. The van der Waals surface area contributed by atoms with Gasteiger partial charge in [-0.05, 0) is 20.8 Å². The van der Waals surface area contributed by atoms with Gasteiger partial charge in [-0.25, -0.2) is 4.79 Å². The van der Waals surface area contributed by atoms with Gasteiger partial charge in [0.25, 0.3) is 0 Å². The van der Waals surface area contributed by atoms with E-state index in [1.807, 2.05) is 0 Å². The Morgan fingerprint density at radius 3 is 2.32 bits per heavy atom. The number of rotatable bonds is 2. The van der Waals surface area contributed by atoms with Crippen molar-refractivity contribution in [2.75, 3.05) is 6.61 Å². The molecule has 1 aliphatic heterocycles. The minimum absolute atomic E-state index is 0.561. The largest absolute Gasteiger partial charge is 0.444 e. The van der Waals surface area contributed by atoms with E-state index in [2.05, 4.69) is 5.32 Å². The van der Waals surface area contributed by atoms with E-state index in [1.54, 1.807) is 20.8 Å². The standard InChI is InChI=1S/C11H21NO7/c1-11(2,3)19-10(17)12-6-8(15)7(14)5(4-13)18-9(6)16/h5-9,13-16H,4H2,1-3H3,(H,12,17)/t5?,6?,7-,8+,9?/m1/s1. The molecule has 0 radical (unpaired) electrons. The molecule has 8 nitrogen and oxygen atoms in total. The maximum absolute atomic E-state index is 11.5. The van der Waals surface area contributed by atoms with E-state index in [-0.39, 0.29) is 0 Å². The average Bonchev–Trinajstić information content (AvgIpc) is 2.27. The molecule has 1 rings (SSSR count). The summed E-state index contributed by atoms with van der Waals surface area (Å²) in [7, 11) is 0. The quantitative estimate of drug-likeness (QED) is 0.408. The first kappa shape index (κ1) is 16.1. The van der Waals surface area contributed by atoms with Crippen LogP contribution in [0.5, 0.6) is 0 Å². The maximum atomic E-state index is 11.5. The minimum atomic E-state index is -1.55. The zero-order chi connectivity index (χ0) is 14.8. The molecule has 19 heavy (non-hydrogen) atoms. The van der Waals surface area contributed by atoms with Gasteiger partial charge in [-0.15, -0.1) is 0 Å². The Kier molecular flexibility index (Phi) is 5.11. The number of ether oxygens (including phenoxy) is 2. The van der Waals surface area contributed by atoms with Crippen molar-refractivity contribution in [1.82, 2.24) is 5.32 Å². The predicted octanol–water partition coefficient (Wildman–Crippen LogP) is -1.69. The third-order valence-corrected chi connectivity index (χ3v) is 2.58. The summed E-state index contributed by atoms with van der Waals surface area (Å²) in [5.41, 5.74) is -0.734. The highest BCUT2D eigenvalue weighted by Crippen LogP contribution is 2.20. The number of alkyl carbamates (subject to hydrolysis) is 1. The van der Waals surface area contributed by atoms with Crippen molar-refractivity contribution in [3.8, 4) is 0 Å². The highest BCUT2D eigenvalue weighted by molar-refractivity contribution is 5.68. The molecule has 1 fully saturated rings. The van der Waals surface area contributed by atoms with Crippen molar-refractivity contribution in [2.45, 2.75) is 57.0 Å². The van der Waals surface area contributed by atoms with E-state index in [9.17, 15) is 20.1 Å². The molecule has 0 spiro atoms. The molecule has 0 saturated carbocycles. The second-order valence-electron chi connectivity index (χ2n) is 5.40. The SMILES string of the molecule is CC(C)(C)OC(=O)NC1C(O)OC(CO)[C@@H](O)[C@H]1O. The van der Waals surface area contributed by atoms with Gasteiger partial charge < -0.3 is 35.2 Å². The molecule has 1 heterocycles. The van der Waals surface area contributed by atoms with Crippen molar-refractivity contribution >= 4 is 6.09 Å². The van der Waals surface area contributed by atoms with Gasteiger partial charge in [0.05, 0.1) is 6.61 Å². The molecule has 1 aliphatic rings. The number of nitrogens with one attached hydrogen (secondary N) is 1. The Bertz CT molecular complexity index is 317. The number of hydrogen-bond acceptors (Lipinski definition) is 7. The van der Waals surface area contributed by atoms with Crippen LogP contribution in [0.1, 0.15) is 20.8 Å². The fourth-order valence-corrected chi connectivity index (χ4v) is 1.70. The van der Waals surface area contributed by atoms with Gasteiger partial charge in [0.2, 0.25) is 0 Å². The lowest BCUT2D eigenvalue weighted by Gasteiger charge is -2.40. The van der Waals surface area contributed by atoms with Crippen molar-refractivity contribution in [1.29, 1.82) is 0 Å². The molecule has 112 valence electrons. The van der Waals surface area contributed by atoms with Crippen molar-refractivity contribution in [3.05, 3.63) is 0 Å². The maximum Gasteiger partial charge on any atom is 0.408 e. The first-order valence-corrected chi connectivity index (χ1v) is 5.95. The molecule has 1 saturated heterocycles. The summed E-state index contributed by atoms with van der Waals surface area (Å²) in [4.78, 5) is 11.5. The first-order valence-electron chi connectivity index (χ1n) is 5.95. The lowest BCUT2D eigenvalue weighted by atomic mass is 9.97. The number of carbonyl (C=O) groups excluding carboxylic acids is 1. The molecule has 8 heteroatoms. The molecule has 0 bridgehead atoms. The summed E-state index contributed by atoms with van der Waals surface area (Å²) in [6, 6.07) is -1.24. The van der Waals surface area contributed by atoms with Gasteiger partial charge in [0, 0.05) is 0 Å². The van der Waals surface area contributed by atoms with E-state index in [0.717, 1.165) is 0 Å². The molecule has 5 atom stereocenters. The van der Waals surface area contributed by atoms with Gasteiger partial charge in [0.15, 0.2) is 6.29 Å². The Labute approximate surface area is 110 Å². The Balaban J connectivity index is 2.65. The number of aliphatic hydroxyl groups is 4. The number of aliphatic hydroxyl groups excluding tert-OH is 4. The van der Waals surface area contributed by atoms with Gasteiger partial charge in [-0.1, -0.05) is 0 Å². The highest BCUT2D eigenvalue weighted by atomic mass is 16.6. The first-order chi connectivity index (χ1) is 8.65. The number of hydrogen-bond donors (Lipinski definition) is 5. The number of amides is 1. The van der Waals surface area contributed by atoms with Crippen LogP contribution in [-0.2, 0) is 9.47 Å². The normalized spacial score (nSPS) is 35.8. The van der Waals surface area contributed by atoms with Gasteiger partial charge in [-0.2, -0.15) is 0 Å². The summed E-state index contributed by atoms with van der Waals surface area (Å²) in [5.74, 6) is 0. The molecule has 0 aromatic carbocycles. The summed E-state index contributed by atoms with van der Waals surface area (Å²) < 4.78 is 9.85. The second-order valence-corrected chi connectivity index (χ2v) is 5.40. The van der Waals surface area contributed by atoms with Crippen molar-refractivity contribution < 1.29 is 34.7 Å². The lowest BCUT2D eigenvalue weighted by Crippen LogP contribution is -2.64. The molecular formula is C11H21NO7. The molecule has 1 amide bonds. The highest BCUT2D eigenvalue weighted by Gasteiger charge is 2.44. The van der Waals surface area contributed by atoms with Crippen LogP contribution in [0.2, 0.25) is 0 Å². The van der Waals surface area contributed by atoms with Crippen LogP contribution in [-0.4, -0.2) is 69.4 Å². The van der Waals surface area contributed by atoms with Crippen LogP contribution in [0.3, 0.4) is 0 Å². The molecule has 0 aromatic rings. The fraction of sp³-hybridized carbons (Fsp3) is 0.909. The van der Waals surface area contributed by atoms with Gasteiger partial charge >= 0.3 is 6.09 Å². The van der Waals surface area contributed by atoms with Crippen LogP contribution in [0, 0.1) is 0 Å². The number of carbonyl (C=O) groups is 1. The average molecular weight is 279 g/mol. The van der Waals surface area contributed by atoms with Crippen molar-refractivity contribution in [3.63, 3.8) is 0 Å². The van der Waals surface area contributed by atoms with E-state index in [0.29, 0.717) is 0 Å². The fourth-order valence-electron chi connectivity index (χ4n) is 1.70. The van der Waals surface area contributed by atoms with E-state index < -0.39 is 48.9 Å². The predicted molar refractivity (Wildman–Crippen MR) is 63.1 cm³/mol. The summed E-state index contributed by atoms with van der Waals surface area (Å²) in [6.45, 7) is 4.42. The summed E-state index contributed by atoms with van der Waals surface area (Å²) in [6.07, 6.45) is -6.42. The molecule has 0 aromatic heterocycles.